The van der Waals surface area contributed by atoms with Crippen LogP contribution in [0.15, 0.2) is 122 Å². The van der Waals surface area contributed by atoms with Gasteiger partial charge in [-0.05, 0) is 66.4 Å². The van der Waals surface area contributed by atoms with E-state index in [4.69, 9.17) is 14.7 Å². The standard InChI is InChI=1S/C41H39N5O2/c1-3-4-11-25-45-37-22-21-31(41(47)48-2)27-36(37)44-40(45)34-19-12-20-35-38(34)46(39(43-35)32-18-13-24-42-28-32)26-23-33(29-14-7-5-8-15-29)30-16-9-6-10-17-30/h5-10,12-22,24,27-28,33H,3-4,11,23,25-26H2,1-2H3. The first-order valence-electron chi connectivity index (χ1n) is 16.7. The highest BCUT2D eigenvalue weighted by atomic mass is 16.5. The highest BCUT2D eigenvalue weighted by Crippen LogP contribution is 2.36. The largest absolute Gasteiger partial charge is 0.465 e. The van der Waals surface area contributed by atoms with Crippen molar-refractivity contribution in [3.63, 3.8) is 0 Å². The number of carbonyl (C=O) groups is 1. The summed E-state index contributed by atoms with van der Waals surface area (Å²) in [5, 5.41) is 0. The first-order chi connectivity index (χ1) is 23.7. The molecule has 0 aliphatic heterocycles. The maximum atomic E-state index is 12.4. The molecular weight excluding hydrogens is 594 g/mol. The van der Waals surface area contributed by atoms with Gasteiger partial charge in [0.2, 0.25) is 0 Å². The summed E-state index contributed by atoms with van der Waals surface area (Å²) in [6, 6.07) is 37.5. The van der Waals surface area contributed by atoms with Gasteiger partial charge in [0.15, 0.2) is 0 Å². The summed E-state index contributed by atoms with van der Waals surface area (Å²) >= 11 is 0. The lowest BCUT2D eigenvalue weighted by molar-refractivity contribution is 0.0601. The minimum absolute atomic E-state index is 0.203. The van der Waals surface area contributed by atoms with Crippen LogP contribution < -0.4 is 0 Å². The Hall–Kier alpha value is -5.56. The molecule has 240 valence electrons. The maximum absolute atomic E-state index is 12.4. The Labute approximate surface area is 280 Å². The molecule has 48 heavy (non-hydrogen) atoms. The van der Waals surface area contributed by atoms with Crippen LogP contribution in [0.3, 0.4) is 0 Å². The number of rotatable bonds is 12. The minimum atomic E-state index is -0.369. The summed E-state index contributed by atoms with van der Waals surface area (Å²) in [6.45, 7) is 3.77. The minimum Gasteiger partial charge on any atom is -0.465 e. The van der Waals surface area contributed by atoms with Crippen molar-refractivity contribution in [3.8, 4) is 22.8 Å². The third-order valence-corrected chi connectivity index (χ3v) is 9.13. The molecule has 7 nitrogen and oxygen atoms in total. The van der Waals surface area contributed by atoms with Crippen molar-refractivity contribution in [3.05, 3.63) is 138 Å². The van der Waals surface area contributed by atoms with E-state index in [1.165, 1.54) is 18.2 Å². The van der Waals surface area contributed by atoms with E-state index >= 15 is 0 Å². The molecule has 0 bridgehead atoms. The Morgan fingerprint density at radius 1 is 0.750 bits per heavy atom. The van der Waals surface area contributed by atoms with Crippen LogP contribution in [-0.2, 0) is 17.8 Å². The SMILES string of the molecule is CCCCCn1c(-c2cccc3nc(-c4cccnc4)n(CCC(c4ccccc4)c4ccccc4)c23)nc2cc(C(=O)OC)ccc21. The number of aromatic nitrogens is 5. The fourth-order valence-corrected chi connectivity index (χ4v) is 6.78. The van der Waals surface area contributed by atoms with E-state index in [0.717, 1.165) is 83.6 Å². The zero-order chi connectivity index (χ0) is 32.9. The number of methoxy groups -OCH3 is 1. The number of aryl methyl sites for hydroxylation is 2. The number of benzene rings is 4. The van der Waals surface area contributed by atoms with Crippen LogP contribution in [0.2, 0.25) is 0 Å². The van der Waals surface area contributed by atoms with Crippen LogP contribution in [0.25, 0.3) is 44.8 Å². The molecule has 0 fully saturated rings. The first kappa shape index (κ1) is 31.1. The molecule has 0 atom stereocenters. The number of hydrogen-bond donors (Lipinski definition) is 0. The van der Waals surface area contributed by atoms with Gasteiger partial charge in [0.05, 0.1) is 34.7 Å². The van der Waals surface area contributed by atoms with Crippen molar-refractivity contribution in [2.45, 2.75) is 51.6 Å². The summed E-state index contributed by atoms with van der Waals surface area (Å²) in [6.07, 6.45) is 7.82. The highest BCUT2D eigenvalue weighted by Gasteiger charge is 2.23. The predicted octanol–water partition coefficient (Wildman–Crippen LogP) is 9.31. The highest BCUT2D eigenvalue weighted by molar-refractivity contribution is 5.97. The molecule has 0 aliphatic carbocycles. The van der Waals surface area contributed by atoms with Crippen molar-refractivity contribution in [1.82, 2.24) is 24.1 Å². The number of ether oxygens (including phenoxy) is 1. The molecule has 7 rings (SSSR count). The van der Waals surface area contributed by atoms with Gasteiger partial charge >= 0.3 is 5.97 Å². The number of hydrogen-bond acceptors (Lipinski definition) is 5. The zero-order valence-corrected chi connectivity index (χ0v) is 27.4. The molecule has 0 unspecified atom stereocenters. The van der Waals surface area contributed by atoms with Crippen molar-refractivity contribution >= 4 is 28.0 Å². The second kappa shape index (κ2) is 14.1. The monoisotopic (exact) mass is 633 g/mol. The molecule has 3 heterocycles. The Balaban J connectivity index is 1.41. The van der Waals surface area contributed by atoms with Gasteiger partial charge in [-0.3, -0.25) is 4.98 Å². The van der Waals surface area contributed by atoms with E-state index in [0.29, 0.717) is 5.56 Å². The van der Waals surface area contributed by atoms with E-state index in [1.54, 1.807) is 6.20 Å². The lowest BCUT2D eigenvalue weighted by atomic mass is 9.88. The second-order valence-corrected chi connectivity index (χ2v) is 12.2. The zero-order valence-electron chi connectivity index (χ0n) is 27.4. The normalized spacial score (nSPS) is 11.5. The Morgan fingerprint density at radius 2 is 1.50 bits per heavy atom. The van der Waals surface area contributed by atoms with Gasteiger partial charge in [0.25, 0.3) is 0 Å². The molecule has 0 radical (unpaired) electrons. The topological polar surface area (TPSA) is 74.8 Å². The lowest BCUT2D eigenvalue weighted by Crippen LogP contribution is -2.09. The first-order valence-corrected chi connectivity index (χ1v) is 16.7. The Bertz CT molecular complexity index is 2110. The summed E-state index contributed by atoms with van der Waals surface area (Å²) in [5.41, 5.74) is 8.76. The molecule has 0 saturated carbocycles. The summed E-state index contributed by atoms with van der Waals surface area (Å²) in [5.74, 6) is 1.59. The number of para-hydroxylation sites is 1. The van der Waals surface area contributed by atoms with Gasteiger partial charge in [-0.25, -0.2) is 14.8 Å². The quantitative estimate of drug-likeness (QED) is 0.0990. The van der Waals surface area contributed by atoms with Crippen molar-refractivity contribution in [2.24, 2.45) is 0 Å². The number of pyridine rings is 1. The van der Waals surface area contributed by atoms with Crippen LogP contribution in [0, 0.1) is 0 Å². The molecule has 3 aromatic heterocycles. The van der Waals surface area contributed by atoms with Gasteiger partial charge in [-0.2, -0.15) is 0 Å². The Morgan fingerprint density at radius 3 is 2.19 bits per heavy atom. The third-order valence-electron chi connectivity index (χ3n) is 9.13. The van der Waals surface area contributed by atoms with Crippen molar-refractivity contribution < 1.29 is 9.53 Å². The average molecular weight is 634 g/mol. The predicted molar refractivity (Wildman–Crippen MR) is 192 cm³/mol. The van der Waals surface area contributed by atoms with Gasteiger partial charge in [-0.15, -0.1) is 0 Å². The molecule has 7 heteroatoms. The molecule has 7 aromatic rings. The molecule has 4 aromatic carbocycles. The van der Waals surface area contributed by atoms with Gasteiger partial charge in [0, 0.05) is 42.5 Å². The van der Waals surface area contributed by atoms with Crippen LogP contribution >= 0.6 is 0 Å². The fourth-order valence-electron chi connectivity index (χ4n) is 6.78. The third kappa shape index (κ3) is 6.11. The van der Waals surface area contributed by atoms with E-state index < -0.39 is 0 Å². The van der Waals surface area contributed by atoms with Crippen LogP contribution in [0.4, 0.5) is 0 Å². The molecule has 0 amide bonds. The maximum Gasteiger partial charge on any atom is 0.337 e. The Kier molecular flexibility index (Phi) is 9.09. The van der Waals surface area contributed by atoms with Crippen LogP contribution in [0.1, 0.15) is 60.0 Å². The van der Waals surface area contributed by atoms with E-state index in [2.05, 4.69) is 106 Å². The van der Waals surface area contributed by atoms with Crippen molar-refractivity contribution in [2.75, 3.05) is 7.11 Å². The summed E-state index contributed by atoms with van der Waals surface area (Å²) < 4.78 is 9.69. The number of imidazole rings is 2. The number of carbonyl (C=O) groups excluding carboxylic acids is 1. The molecule has 0 spiro atoms. The summed E-state index contributed by atoms with van der Waals surface area (Å²) in [4.78, 5) is 27.3. The van der Waals surface area contributed by atoms with E-state index in [9.17, 15) is 4.79 Å². The van der Waals surface area contributed by atoms with E-state index in [1.807, 2.05) is 30.5 Å². The van der Waals surface area contributed by atoms with Gasteiger partial charge in [0.1, 0.15) is 11.6 Å². The molecule has 0 N–H and O–H groups in total. The number of fused-ring (bicyclic) bond motifs is 2. The lowest BCUT2D eigenvalue weighted by Gasteiger charge is -2.20. The van der Waals surface area contributed by atoms with E-state index in [-0.39, 0.29) is 11.9 Å². The molecule has 0 aliphatic rings. The van der Waals surface area contributed by atoms with Crippen LogP contribution in [-0.4, -0.2) is 37.2 Å². The number of nitrogens with zero attached hydrogens (tertiary/aromatic N) is 5. The smallest absolute Gasteiger partial charge is 0.337 e. The molecular formula is C41H39N5O2. The second-order valence-electron chi connectivity index (χ2n) is 12.2. The number of esters is 1. The van der Waals surface area contributed by atoms with Crippen LogP contribution in [0.5, 0.6) is 0 Å². The van der Waals surface area contributed by atoms with Gasteiger partial charge in [-0.1, -0.05) is 86.5 Å². The fraction of sp³-hybridized carbons (Fsp3) is 0.220. The van der Waals surface area contributed by atoms with Gasteiger partial charge < -0.3 is 13.9 Å². The average Bonchev–Trinajstić information content (AvgIpc) is 3.71. The number of unbranched alkanes of at least 4 members (excludes halogenated alkanes) is 2. The summed E-state index contributed by atoms with van der Waals surface area (Å²) in [7, 11) is 1.41. The van der Waals surface area contributed by atoms with Crippen molar-refractivity contribution in [1.29, 1.82) is 0 Å². The molecule has 0 saturated heterocycles.